The summed E-state index contributed by atoms with van der Waals surface area (Å²) in [7, 11) is 0. The maximum atomic E-state index is 12.2. The second kappa shape index (κ2) is 6.58. The van der Waals surface area contributed by atoms with Gasteiger partial charge in [-0.15, -0.1) is 0 Å². The molecule has 0 aliphatic heterocycles. The zero-order valence-electron chi connectivity index (χ0n) is 18.5. The van der Waals surface area contributed by atoms with E-state index in [4.69, 9.17) is 13.9 Å². The molecule has 30 heavy (non-hydrogen) atoms. The van der Waals surface area contributed by atoms with Gasteiger partial charge in [0.15, 0.2) is 6.10 Å². The van der Waals surface area contributed by atoms with Gasteiger partial charge < -0.3 is 19.0 Å². The van der Waals surface area contributed by atoms with Crippen molar-refractivity contribution in [1.82, 2.24) is 0 Å². The third-order valence-corrected chi connectivity index (χ3v) is 7.66. The van der Waals surface area contributed by atoms with Crippen LogP contribution in [0.15, 0.2) is 22.8 Å². The number of aliphatic hydroxyl groups is 1. The Morgan fingerprint density at radius 2 is 1.83 bits per heavy atom. The smallest absolute Gasteiger partial charge is 0.303 e. The summed E-state index contributed by atoms with van der Waals surface area (Å²) in [5, 5.41) is 13.3. The zero-order chi connectivity index (χ0) is 22.1. The van der Waals surface area contributed by atoms with Gasteiger partial charge in [0.2, 0.25) is 0 Å². The first-order chi connectivity index (χ1) is 13.9. The Labute approximate surface area is 176 Å². The standard InChI is InChI=1S/C24H30O6/c1-13-16-7-9-24(27)22(4,5)12-20(29-14(2)25)21(30-15(3)26)23(24,6)18(16)11-19-17(13)8-10-28-19/h8,10-11,20-21,27H,7,9,12H2,1-6H3/t20-,21-,23-,24+/m1/s1. The summed E-state index contributed by atoms with van der Waals surface area (Å²) in [4.78, 5) is 24.0. The average molecular weight is 414 g/mol. The molecule has 1 aromatic carbocycles. The highest BCUT2D eigenvalue weighted by molar-refractivity contribution is 5.84. The molecule has 1 fully saturated rings. The Morgan fingerprint density at radius 3 is 2.47 bits per heavy atom. The molecule has 0 saturated heterocycles. The van der Waals surface area contributed by atoms with Gasteiger partial charge in [-0.2, -0.15) is 0 Å². The summed E-state index contributed by atoms with van der Waals surface area (Å²) in [5.41, 5.74) is 1.12. The highest BCUT2D eigenvalue weighted by Crippen LogP contribution is 2.61. The Hall–Kier alpha value is -2.34. The van der Waals surface area contributed by atoms with E-state index in [0.717, 1.165) is 27.7 Å². The van der Waals surface area contributed by atoms with E-state index >= 15 is 0 Å². The number of carbonyl (C=O) groups excluding carboxylic acids is 2. The summed E-state index contributed by atoms with van der Waals surface area (Å²) in [5.74, 6) is -0.904. The van der Waals surface area contributed by atoms with Gasteiger partial charge in [0, 0.05) is 19.2 Å². The van der Waals surface area contributed by atoms with Gasteiger partial charge in [-0.25, -0.2) is 0 Å². The zero-order valence-corrected chi connectivity index (χ0v) is 18.5. The summed E-state index contributed by atoms with van der Waals surface area (Å²) in [6.07, 6.45) is 1.82. The van der Waals surface area contributed by atoms with E-state index in [-0.39, 0.29) is 0 Å². The number of ether oxygens (including phenoxy) is 2. The van der Waals surface area contributed by atoms with Crippen molar-refractivity contribution in [2.45, 2.75) is 84.0 Å². The van der Waals surface area contributed by atoms with Crippen LogP contribution in [0.25, 0.3) is 11.0 Å². The van der Waals surface area contributed by atoms with Crippen molar-refractivity contribution in [1.29, 1.82) is 0 Å². The molecule has 0 unspecified atom stereocenters. The van der Waals surface area contributed by atoms with E-state index < -0.39 is 40.6 Å². The average Bonchev–Trinajstić information content (AvgIpc) is 3.10. The van der Waals surface area contributed by atoms with E-state index in [1.165, 1.54) is 13.8 Å². The van der Waals surface area contributed by atoms with E-state index in [1.54, 1.807) is 6.26 Å². The number of hydrogen-bond acceptors (Lipinski definition) is 6. The molecule has 1 saturated carbocycles. The van der Waals surface area contributed by atoms with Crippen LogP contribution in [-0.2, 0) is 30.9 Å². The van der Waals surface area contributed by atoms with Crippen LogP contribution in [0.5, 0.6) is 0 Å². The molecule has 2 aliphatic rings. The minimum atomic E-state index is -1.17. The lowest BCUT2D eigenvalue weighted by Gasteiger charge is -2.63. The summed E-state index contributed by atoms with van der Waals surface area (Å²) in [6.45, 7) is 10.7. The fourth-order valence-electron chi connectivity index (χ4n) is 6.17. The van der Waals surface area contributed by atoms with Crippen molar-refractivity contribution in [2.75, 3.05) is 0 Å². The Balaban J connectivity index is 2.02. The normalized spacial score (nSPS) is 32.2. The molecule has 0 radical (unpaired) electrons. The number of rotatable bonds is 2. The molecule has 2 aliphatic carbocycles. The predicted octanol–water partition coefficient (Wildman–Crippen LogP) is 3.97. The molecule has 6 nitrogen and oxygen atoms in total. The number of aryl methyl sites for hydroxylation is 1. The molecular weight excluding hydrogens is 384 g/mol. The minimum absolute atomic E-state index is 0.397. The van der Waals surface area contributed by atoms with Crippen molar-refractivity contribution in [3.05, 3.63) is 35.1 Å². The van der Waals surface area contributed by atoms with E-state index in [9.17, 15) is 14.7 Å². The van der Waals surface area contributed by atoms with Crippen LogP contribution in [0.3, 0.4) is 0 Å². The summed E-state index contributed by atoms with van der Waals surface area (Å²) >= 11 is 0. The first-order valence-corrected chi connectivity index (χ1v) is 10.5. The molecular formula is C24H30O6. The molecule has 1 heterocycles. The number of carbonyl (C=O) groups is 2. The number of furan rings is 1. The van der Waals surface area contributed by atoms with Crippen molar-refractivity contribution < 1.29 is 28.6 Å². The van der Waals surface area contributed by atoms with Gasteiger partial charge in [0.25, 0.3) is 0 Å². The number of fused-ring (bicyclic) bond motifs is 4. The highest BCUT2D eigenvalue weighted by atomic mass is 16.6. The number of esters is 2. The Kier molecular flexibility index (Phi) is 4.59. The molecule has 4 atom stereocenters. The number of benzene rings is 1. The highest BCUT2D eigenvalue weighted by Gasteiger charge is 2.69. The summed E-state index contributed by atoms with van der Waals surface area (Å²) in [6, 6.07) is 3.91. The molecule has 0 spiro atoms. The fraction of sp³-hybridized carbons (Fsp3) is 0.583. The first kappa shape index (κ1) is 20.9. The lowest BCUT2D eigenvalue weighted by atomic mass is 9.45. The van der Waals surface area contributed by atoms with Gasteiger partial charge in [-0.1, -0.05) is 13.8 Å². The SMILES string of the molecule is CC(=O)O[C@@H]1[C@H](OC(C)=O)CC(C)(C)[C@@]2(O)CCc3c(cc4occc4c3C)[C@]12C. The fourth-order valence-corrected chi connectivity index (χ4v) is 6.17. The van der Waals surface area contributed by atoms with Crippen molar-refractivity contribution >= 4 is 22.9 Å². The number of hydrogen-bond donors (Lipinski definition) is 1. The maximum absolute atomic E-state index is 12.2. The molecule has 1 aromatic heterocycles. The van der Waals surface area contributed by atoms with Crippen molar-refractivity contribution in [2.24, 2.45) is 5.41 Å². The topological polar surface area (TPSA) is 86.0 Å². The van der Waals surface area contributed by atoms with Gasteiger partial charge in [-0.05, 0) is 67.3 Å². The van der Waals surface area contributed by atoms with Gasteiger partial charge in [0.05, 0.1) is 17.3 Å². The lowest BCUT2D eigenvalue weighted by Crippen LogP contribution is -2.73. The third-order valence-electron chi connectivity index (χ3n) is 7.66. The van der Waals surface area contributed by atoms with Crippen molar-refractivity contribution in [3.8, 4) is 0 Å². The molecule has 162 valence electrons. The lowest BCUT2D eigenvalue weighted by molar-refractivity contribution is -0.243. The van der Waals surface area contributed by atoms with Crippen LogP contribution >= 0.6 is 0 Å². The van der Waals surface area contributed by atoms with Crippen LogP contribution in [-0.4, -0.2) is 34.9 Å². The van der Waals surface area contributed by atoms with Gasteiger partial charge >= 0.3 is 11.9 Å². The second-order valence-corrected chi connectivity index (χ2v) is 9.69. The third kappa shape index (κ3) is 2.66. The predicted molar refractivity (Wildman–Crippen MR) is 111 cm³/mol. The summed E-state index contributed by atoms with van der Waals surface area (Å²) < 4.78 is 17.2. The van der Waals surface area contributed by atoms with Crippen LogP contribution in [0, 0.1) is 12.3 Å². The maximum Gasteiger partial charge on any atom is 0.303 e. The van der Waals surface area contributed by atoms with Crippen LogP contribution < -0.4 is 0 Å². The molecule has 4 rings (SSSR count). The minimum Gasteiger partial charge on any atom is -0.464 e. The van der Waals surface area contributed by atoms with E-state index in [2.05, 4.69) is 6.92 Å². The van der Waals surface area contributed by atoms with Crippen LogP contribution in [0.1, 0.15) is 64.2 Å². The first-order valence-electron chi connectivity index (χ1n) is 10.5. The molecule has 0 bridgehead atoms. The van der Waals surface area contributed by atoms with Crippen molar-refractivity contribution in [3.63, 3.8) is 0 Å². The van der Waals surface area contributed by atoms with Gasteiger partial charge in [0.1, 0.15) is 11.7 Å². The van der Waals surface area contributed by atoms with Crippen LogP contribution in [0.4, 0.5) is 0 Å². The second-order valence-electron chi connectivity index (χ2n) is 9.69. The van der Waals surface area contributed by atoms with Crippen LogP contribution in [0.2, 0.25) is 0 Å². The molecule has 6 heteroatoms. The Morgan fingerprint density at radius 1 is 1.17 bits per heavy atom. The van der Waals surface area contributed by atoms with E-state index in [1.807, 2.05) is 32.9 Å². The van der Waals surface area contributed by atoms with Gasteiger partial charge in [-0.3, -0.25) is 9.59 Å². The molecule has 2 aromatic rings. The molecule has 1 N–H and O–H groups in total. The van der Waals surface area contributed by atoms with E-state index in [0.29, 0.717) is 19.3 Å². The largest absolute Gasteiger partial charge is 0.464 e. The Bertz CT molecular complexity index is 1030. The molecule has 0 amide bonds. The quantitative estimate of drug-likeness (QED) is 0.749. The monoisotopic (exact) mass is 414 g/mol.